The van der Waals surface area contributed by atoms with E-state index in [2.05, 4.69) is 0 Å². The Balaban J connectivity index is 1.71. The van der Waals surface area contributed by atoms with Crippen molar-refractivity contribution in [2.24, 2.45) is 0 Å². The van der Waals surface area contributed by atoms with Crippen LogP contribution in [0.1, 0.15) is 70.2 Å². The lowest BCUT2D eigenvalue weighted by molar-refractivity contribution is 0.0714. The number of nitrogens with zero attached hydrogens (tertiary/aromatic N) is 1. The molecule has 196 valence electrons. The smallest absolute Gasteiger partial charge is 0.291 e. The van der Waals surface area contributed by atoms with Gasteiger partial charge in [-0.25, -0.2) is 0 Å². The standard InChI is InChI=1S/C32H33NO5/c1-6-14-37-25-13-12-23(17-26(25)36-7-2)28-27-29(34)24-16-20(4)15-21(5)30(24)38-31(27)32(35)33(28)18-22-10-8-19(3)9-11-22/h8-13,15-17,28H,6-7,14,18H2,1-5H3. The number of carbonyl (C=O) groups is 1. The number of fused-ring (bicyclic) bond motifs is 2. The average Bonchev–Trinajstić information content (AvgIpc) is 3.17. The van der Waals surface area contributed by atoms with E-state index < -0.39 is 6.04 Å². The van der Waals surface area contributed by atoms with E-state index in [1.165, 1.54) is 0 Å². The third-order valence-corrected chi connectivity index (χ3v) is 6.92. The molecule has 0 saturated carbocycles. The van der Waals surface area contributed by atoms with Crippen LogP contribution >= 0.6 is 0 Å². The first-order valence-corrected chi connectivity index (χ1v) is 13.2. The number of carbonyl (C=O) groups excluding carboxylic acids is 1. The average molecular weight is 512 g/mol. The molecule has 1 aromatic heterocycles. The first-order valence-electron chi connectivity index (χ1n) is 13.2. The molecule has 0 saturated heterocycles. The molecule has 6 nitrogen and oxygen atoms in total. The molecule has 0 aliphatic carbocycles. The van der Waals surface area contributed by atoms with Crippen LogP contribution in [0.3, 0.4) is 0 Å². The Bertz CT molecular complexity index is 1570. The minimum absolute atomic E-state index is 0.107. The van der Waals surface area contributed by atoms with E-state index in [9.17, 15) is 9.59 Å². The van der Waals surface area contributed by atoms with E-state index in [0.717, 1.165) is 34.2 Å². The summed E-state index contributed by atoms with van der Waals surface area (Å²) in [5, 5.41) is 0.490. The normalized spacial score (nSPS) is 14.7. The second kappa shape index (κ2) is 10.4. The van der Waals surface area contributed by atoms with Crippen LogP contribution in [-0.4, -0.2) is 24.0 Å². The predicted octanol–water partition coefficient (Wildman–Crippen LogP) is 6.65. The van der Waals surface area contributed by atoms with Crippen LogP contribution < -0.4 is 14.9 Å². The van der Waals surface area contributed by atoms with Gasteiger partial charge >= 0.3 is 0 Å². The van der Waals surface area contributed by atoms with Gasteiger partial charge in [0.2, 0.25) is 5.76 Å². The van der Waals surface area contributed by atoms with Gasteiger partial charge in [-0.15, -0.1) is 0 Å². The molecule has 0 N–H and O–H groups in total. The van der Waals surface area contributed by atoms with Gasteiger partial charge in [-0.05, 0) is 74.6 Å². The molecule has 1 aliphatic heterocycles. The fraction of sp³-hybridized carbons (Fsp3) is 0.312. The summed E-state index contributed by atoms with van der Waals surface area (Å²) in [7, 11) is 0. The highest BCUT2D eigenvalue weighted by atomic mass is 16.5. The van der Waals surface area contributed by atoms with Crippen LogP contribution in [0.25, 0.3) is 11.0 Å². The Morgan fingerprint density at radius 1 is 0.868 bits per heavy atom. The monoisotopic (exact) mass is 511 g/mol. The number of amides is 1. The Morgan fingerprint density at radius 3 is 2.34 bits per heavy atom. The SMILES string of the molecule is CCCOc1ccc(C2c3c(oc4c(C)cc(C)cc4c3=O)C(=O)N2Cc2ccc(C)cc2)cc1OCC. The molecule has 1 atom stereocenters. The fourth-order valence-corrected chi connectivity index (χ4v) is 5.17. The van der Waals surface area contributed by atoms with Gasteiger partial charge in [-0.3, -0.25) is 9.59 Å². The summed E-state index contributed by atoms with van der Waals surface area (Å²) >= 11 is 0. The van der Waals surface area contributed by atoms with Gasteiger partial charge < -0.3 is 18.8 Å². The quantitative estimate of drug-likeness (QED) is 0.265. The van der Waals surface area contributed by atoms with Crippen LogP contribution in [0.5, 0.6) is 11.5 Å². The van der Waals surface area contributed by atoms with Gasteiger partial charge in [0, 0.05) is 6.54 Å². The van der Waals surface area contributed by atoms with Crippen LogP contribution in [0.15, 0.2) is 63.8 Å². The number of hydrogen-bond donors (Lipinski definition) is 0. The lowest BCUT2D eigenvalue weighted by Gasteiger charge is -2.26. The van der Waals surface area contributed by atoms with Crippen LogP contribution in [0.2, 0.25) is 0 Å². The largest absolute Gasteiger partial charge is 0.490 e. The van der Waals surface area contributed by atoms with Gasteiger partial charge in [0.05, 0.1) is 30.2 Å². The Labute approximate surface area is 222 Å². The van der Waals surface area contributed by atoms with Crippen molar-refractivity contribution in [1.29, 1.82) is 0 Å². The summed E-state index contributed by atoms with van der Waals surface area (Å²) in [4.78, 5) is 29.6. The number of ether oxygens (including phenoxy) is 2. The molecule has 0 bridgehead atoms. The van der Waals surface area contributed by atoms with Gasteiger partial charge in [0.1, 0.15) is 5.58 Å². The minimum atomic E-state index is -0.625. The first kappa shape index (κ1) is 25.6. The second-order valence-corrected chi connectivity index (χ2v) is 9.94. The van der Waals surface area contributed by atoms with E-state index in [4.69, 9.17) is 13.9 Å². The maximum absolute atomic E-state index is 14.0. The molecular formula is C32H33NO5. The number of rotatable bonds is 8. The minimum Gasteiger partial charge on any atom is -0.490 e. The Kier molecular flexibility index (Phi) is 6.98. The first-order chi connectivity index (χ1) is 18.3. The molecule has 1 amide bonds. The molecule has 6 heteroatoms. The summed E-state index contributed by atoms with van der Waals surface area (Å²) in [5.74, 6) is 1.04. The zero-order chi connectivity index (χ0) is 27.0. The third kappa shape index (κ3) is 4.55. The van der Waals surface area contributed by atoms with Crippen molar-refractivity contribution < 1.29 is 18.7 Å². The fourth-order valence-electron chi connectivity index (χ4n) is 5.17. The molecule has 1 aliphatic rings. The lowest BCUT2D eigenvalue weighted by atomic mass is 9.96. The summed E-state index contributed by atoms with van der Waals surface area (Å²) in [6.45, 7) is 11.2. The summed E-state index contributed by atoms with van der Waals surface area (Å²) in [6.07, 6.45) is 0.870. The van der Waals surface area contributed by atoms with Crippen LogP contribution in [0, 0.1) is 20.8 Å². The van der Waals surface area contributed by atoms with Crippen molar-refractivity contribution in [3.05, 3.63) is 104 Å². The van der Waals surface area contributed by atoms with E-state index in [-0.39, 0.29) is 17.1 Å². The second-order valence-electron chi connectivity index (χ2n) is 9.94. The molecule has 0 radical (unpaired) electrons. The Morgan fingerprint density at radius 2 is 1.63 bits per heavy atom. The summed E-state index contributed by atoms with van der Waals surface area (Å²) < 4.78 is 18.0. The number of benzene rings is 3. The van der Waals surface area contributed by atoms with E-state index >= 15 is 0 Å². The molecule has 0 spiro atoms. The lowest BCUT2D eigenvalue weighted by Crippen LogP contribution is -2.29. The molecule has 1 unspecified atom stereocenters. The van der Waals surface area contributed by atoms with Crippen LogP contribution in [-0.2, 0) is 6.54 Å². The number of hydrogen-bond acceptors (Lipinski definition) is 5. The topological polar surface area (TPSA) is 69.0 Å². The highest BCUT2D eigenvalue weighted by Crippen LogP contribution is 2.42. The molecule has 38 heavy (non-hydrogen) atoms. The van der Waals surface area contributed by atoms with Gasteiger partial charge in [-0.1, -0.05) is 48.9 Å². The van der Waals surface area contributed by atoms with E-state index in [1.807, 2.05) is 89.2 Å². The molecule has 4 aromatic rings. The highest BCUT2D eigenvalue weighted by Gasteiger charge is 2.43. The van der Waals surface area contributed by atoms with Crippen LogP contribution in [0.4, 0.5) is 0 Å². The van der Waals surface area contributed by atoms with E-state index in [0.29, 0.717) is 47.8 Å². The maximum atomic E-state index is 14.0. The molecule has 5 rings (SSSR count). The highest BCUT2D eigenvalue weighted by molar-refractivity contribution is 5.99. The van der Waals surface area contributed by atoms with Gasteiger partial charge in [-0.2, -0.15) is 0 Å². The van der Waals surface area contributed by atoms with Crippen molar-refractivity contribution in [3.8, 4) is 11.5 Å². The van der Waals surface area contributed by atoms with Crippen molar-refractivity contribution in [2.75, 3.05) is 13.2 Å². The van der Waals surface area contributed by atoms with Gasteiger partial charge in [0.25, 0.3) is 5.91 Å². The molecular weight excluding hydrogens is 478 g/mol. The molecule has 2 heterocycles. The Hall–Kier alpha value is -4.06. The summed E-state index contributed by atoms with van der Waals surface area (Å²) in [5.41, 5.74) is 5.33. The molecule has 0 fully saturated rings. The van der Waals surface area contributed by atoms with Gasteiger partial charge in [0.15, 0.2) is 16.9 Å². The summed E-state index contributed by atoms with van der Waals surface area (Å²) in [6, 6.07) is 16.9. The zero-order valence-electron chi connectivity index (χ0n) is 22.6. The number of aryl methyl sites for hydroxylation is 3. The third-order valence-electron chi connectivity index (χ3n) is 6.92. The predicted molar refractivity (Wildman–Crippen MR) is 148 cm³/mol. The molecule has 3 aromatic carbocycles. The zero-order valence-corrected chi connectivity index (χ0v) is 22.6. The van der Waals surface area contributed by atoms with Crippen molar-refractivity contribution >= 4 is 16.9 Å². The maximum Gasteiger partial charge on any atom is 0.291 e. The van der Waals surface area contributed by atoms with E-state index in [1.54, 1.807) is 4.90 Å². The van der Waals surface area contributed by atoms with Crippen molar-refractivity contribution in [3.63, 3.8) is 0 Å². The van der Waals surface area contributed by atoms with Crippen molar-refractivity contribution in [1.82, 2.24) is 4.90 Å². The van der Waals surface area contributed by atoms with Crippen molar-refractivity contribution in [2.45, 2.75) is 53.6 Å².